The van der Waals surface area contributed by atoms with E-state index in [0.717, 1.165) is 0 Å². The number of likely N-dealkylation sites (tertiary alicyclic amines) is 1. The van der Waals surface area contributed by atoms with Crippen molar-refractivity contribution in [1.29, 1.82) is 0 Å². The summed E-state index contributed by atoms with van der Waals surface area (Å²) >= 11 is 0. The molecule has 6 atom stereocenters. The number of nitrogens with zero attached hydrogens (tertiary/aromatic N) is 1. The zero-order valence-electron chi connectivity index (χ0n) is 15.0. The predicted molar refractivity (Wildman–Crippen MR) is 85.0 cm³/mol. The van der Waals surface area contributed by atoms with E-state index in [1.54, 1.807) is 20.8 Å². The van der Waals surface area contributed by atoms with Gasteiger partial charge >= 0.3 is 12.3 Å². The number of rotatable bonds is 2. The van der Waals surface area contributed by atoms with E-state index in [1.807, 2.05) is 0 Å². The molecular weight excluding hydrogens is 353 g/mol. The lowest BCUT2D eigenvalue weighted by Crippen LogP contribution is -2.57. The molecule has 3 rings (SSSR count). The third-order valence-corrected chi connectivity index (χ3v) is 5.53. The van der Waals surface area contributed by atoms with Crippen LogP contribution < -0.4 is 5.32 Å². The van der Waals surface area contributed by atoms with E-state index >= 15 is 0 Å². The molecule has 1 aliphatic heterocycles. The third kappa shape index (κ3) is 3.77. The lowest BCUT2D eigenvalue weighted by molar-refractivity contribution is -0.167. The van der Waals surface area contributed by atoms with Gasteiger partial charge in [-0.15, -0.1) is 0 Å². The molecule has 1 heterocycles. The van der Waals surface area contributed by atoms with Crippen LogP contribution in [0.1, 0.15) is 40.0 Å². The summed E-state index contributed by atoms with van der Waals surface area (Å²) in [5.41, 5.74) is -0.676. The van der Waals surface area contributed by atoms with Crippen LogP contribution in [0.25, 0.3) is 0 Å². The van der Waals surface area contributed by atoms with E-state index in [0.29, 0.717) is 12.8 Å². The molecule has 2 saturated carbocycles. The fourth-order valence-corrected chi connectivity index (χ4v) is 4.85. The molecule has 3 unspecified atom stereocenters. The van der Waals surface area contributed by atoms with Gasteiger partial charge in [-0.25, -0.2) is 4.79 Å². The van der Waals surface area contributed by atoms with Gasteiger partial charge in [-0.2, -0.15) is 13.2 Å². The molecule has 2 N–H and O–H groups in total. The number of alkyl carbamates (subject to hydrolysis) is 1. The molecule has 3 aliphatic rings. The summed E-state index contributed by atoms with van der Waals surface area (Å²) < 4.78 is 43.2. The number of fused-ring (bicyclic) bond motifs is 2. The Morgan fingerprint density at radius 3 is 2.38 bits per heavy atom. The molecule has 2 amide bonds. The van der Waals surface area contributed by atoms with Crippen LogP contribution >= 0.6 is 0 Å². The molecule has 0 spiro atoms. The molecule has 6 nitrogen and oxygen atoms in total. The van der Waals surface area contributed by atoms with Gasteiger partial charge in [0.2, 0.25) is 5.91 Å². The Morgan fingerprint density at radius 1 is 1.19 bits per heavy atom. The van der Waals surface area contributed by atoms with Gasteiger partial charge in [-0.1, -0.05) is 0 Å². The second-order valence-electron chi connectivity index (χ2n) is 8.66. The van der Waals surface area contributed by atoms with Crippen molar-refractivity contribution in [3.8, 4) is 0 Å². The molecule has 3 fully saturated rings. The topological polar surface area (TPSA) is 78.9 Å². The van der Waals surface area contributed by atoms with Gasteiger partial charge in [0, 0.05) is 24.4 Å². The highest BCUT2D eigenvalue weighted by molar-refractivity contribution is 5.78. The van der Waals surface area contributed by atoms with Crippen LogP contribution in [0.4, 0.5) is 18.0 Å². The van der Waals surface area contributed by atoms with Gasteiger partial charge in [0.1, 0.15) is 12.0 Å². The second kappa shape index (κ2) is 6.28. The Morgan fingerprint density at radius 2 is 1.81 bits per heavy atom. The molecule has 1 saturated heterocycles. The first-order chi connectivity index (χ1) is 11.9. The number of hydrogen-bond donors (Lipinski definition) is 2. The predicted octanol–water partition coefficient (Wildman–Crippen LogP) is 2.06. The van der Waals surface area contributed by atoms with Gasteiger partial charge in [0.05, 0.1) is 12.1 Å². The summed E-state index contributed by atoms with van der Waals surface area (Å²) in [4.78, 5) is 25.5. The van der Waals surface area contributed by atoms with E-state index in [-0.39, 0.29) is 24.3 Å². The summed E-state index contributed by atoms with van der Waals surface area (Å²) in [5.74, 6) is -1.49. The molecule has 0 aromatic heterocycles. The molecule has 2 aliphatic carbocycles. The monoisotopic (exact) mass is 378 g/mol. The molecule has 0 aromatic carbocycles. The maximum atomic E-state index is 12.6. The van der Waals surface area contributed by atoms with Gasteiger partial charge in [-0.05, 0) is 39.5 Å². The quantitative estimate of drug-likeness (QED) is 0.771. The van der Waals surface area contributed by atoms with Gasteiger partial charge in [0.25, 0.3) is 0 Å². The molecule has 26 heavy (non-hydrogen) atoms. The van der Waals surface area contributed by atoms with Crippen LogP contribution in [-0.4, -0.2) is 58.5 Å². The fourth-order valence-electron chi connectivity index (χ4n) is 4.85. The first-order valence-electron chi connectivity index (χ1n) is 8.89. The normalized spacial score (nSPS) is 36.2. The van der Waals surface area contributed by atoms with Crippen LogP contribution in [0.5, 0.6) is 0 Å². The van der Waals surface area contributed by atoms with Crippen LogP contribution in [0.2, 0.25) is 0 Å². The molecule has 148 valence electrons. The number of aliphatic hydroxyl groups is 1. The van der Waals surface area contributed by atoms with Gasteiger partial charge < -0.3 is 20.1 Å². The first kappa shape index (κ1) is 19.3. The summed E-state index contributed by atoms with van der Waals surface area (Å²) in [6.45, 7) is 5.44. The number of alkyl halides is 3. The van der Waals surface area contributed by atoms with Crippen molar-refractivity contribution in [2.75, 3.05) is 6.54 Å². The Kier molecular flexibility index (Phi) is 4.65. The molecule has 0 radical (unpaired) electrons. The number of aliphatic hydroxyl groups excluding tert-OH is 1. The molecule has 3 bridgehead atoms. The standard InChI is InChI=1S/C17H25F3N2O4/c1-16(2,3)26-15(25)21-12-9-4-8-5-10(12)14(24)13(9)22(7-8)11(23)6-17(18,19)20/h8-10,12-14,24H,4-7H2,1-3H3,(H,21,25)/t8?,9-,10+,12?,13?,14-/m0/s1. The number of nitrogens with one attached hydrogen (secondary N) is 1. The number of amides is 2. The Bertz CT molecular complexity index is 590. The summed E-state index contributed by atoms with van der Waals surface area (Å²) in [7, 11) is 0. The SMILES string of the molecule is CC(C)(C)OC(=O)NC1[C@@H]2CC3C[C@H]1[C@H](O)C2N(C(=O)CC(F)(F)F)C3. The summed E-state index contributed by atoms with van der Waals surface area (Å²) in [5, 5.41) is 13.4. The zero-order valence-corrected chi connectivity index (χ0v) is 15.0. The highest BCUT2D eigenvalue weighted by atomic mass is 19.4. The number of ether oxygens (including phenoxy) is 1. The van der Waals surface area contributed by atoms with Crippen molar-refractivity contribution in [2.24, 2.45) is 17.8 Å². The minimum absolute atomic E-state index is 0.0484. The smallest absolute Gasteiger partial charge is 0.407 e. The second-order valence-corrected chi connectivity index (χ2v) is 8.66. The van der Waals surface area contributed by atoms with Crippen molar-refractivity contribution in [2.45, 2.75) is 70.0 Å². The minimum atomic E-state index is -4.58. The van der Waals surface area contributed by atoms with E-state index in [9.17, 15) is 27.9 Å². The molecule has 9 heteroatoms. The third-order valence-electron chi connectivity index (χ3n) is 5.53. The van der Waals surface area contributed by atoms with Crippen molar-refractivity contribution >= 4 is 12.0 Å². The van der Waals surface area contributed by atoms with E-state index in [1.165, 1.54) is 4.90 Å². The Labute approximate surface area is 150 Å². The largest absolute Gasteiger partial charge is 0.444 e. The zero-order chi connectivity index (χ0) is 19.4. The average Bonchev–Trinajstić information content (AvgIpc) is 2.57. The summed E-state index contributed by atoms with van der Waals surface area (Å²) in [6, 6.07) is -1.09. The minimum Gasteiger partial charge on any atom is -0.444 e. The van der Waals surface area contributed by atoms with Crippen LogP contribution in [0, 0.1) is 17.8 Å². The number of carbonyl (C=O) groups excluding carboxylic acids is 2. The van der Waals surface area contributed by atoms with Crippen LogP contribution in [0.3, 0.4) is 0 Å². The number of piperidine rings is 1. The van der Waals surface area contributed by atoms with Crippen molar-refractivity contribution in [3.63, 3.8) is 0 Å². The highest BCUT2D eigenvalue weighted by Crippen LogP contribution is 2.51. The summed E-state index contributed by atoms with van der Waals surface area (Å²) in [6.07, 6.45) is -6.41. The number of hydrogen-bond acceptors (Lipinski definition) is 4. The van der Waals surface area contributed by atoms with Gasteiger partial charge in [-0.3, -0.25) is 4.79 Å². The average molecular weight is 378 g/mol. The van der Waals surface area contributed by atoms with Gasteiger partial charge in [0.15, 0.2) is 0 Å². The van der Waals surface area contributed by atoms with E-state index in [2.05, 4.69) is 5.32 Å². The molecular formula is C17H25F3N2O4. The number of halogens is 3. The van der Waals surface area contributed by atoms with Crippen LogP contribution in [0.15, 0.2) is 0 Å². The van der Waals surface area contributed by atoms with Crippen molar-refractivity contribution in [3.05, 3.63) is 0 Å². The lowest BCUT2D eigenvalue weighted by Gasteiger charge is -2.45. The fraction of sp³-hybridized carbons (Fsp3) is 0.882. The lowest BCUT2D eigenvalue weighted by atomic mass is 9.74. The van der Waals surface area contributed by atoms with E-state index < -0.39 is 48.4 Å². The number of carbonyl (C=O) groups is 2. The maximum Gasteiger partial charge on any atom is 0.407 e. The van der Waals surface area contributed by atoms with Crippen molar-refractivity contribution < 1.29 is 32.6 Å². The van der Waals surface area contributed by atoms with Crippen molar-refractivity contribution in [1.82, 2.24) is 10.2 Å². The first-order valence-corrected chi connectivity index (χ1v) is 8.89. The van der Waals surface area contributed by atoms with E-state index in [4.69, 9.17) is 4.74 Å². The Balaban J connectivity index is 1.75. The van der Waals surface area contributed by atoms with Crippen LogP contribution in [-0.2, 0) is 9.53 Å². The molecule has 0 aromatic rings. The maximum absolute atomic E-state index is 12.6. The Hall–Kier alpha value is -1.51. The highest BCUT2D eigenvalue weighted by Gasteiger charge is 2.60.